The number of halogens is 3. The summed E-state index contributed by atoms with van der Waals surface area (Å²) in [4.78, 5) is 21.7. The molecule has 1 aliphatic rings. The second kappa shape index (κ2) is 4.63. The minimum absolute atomic E-state index is 0.440. The van der Waals surface area contributed by atoms with Gasteiger partial charge >= 0.3 is 12.1 Å². The average Bonchev–Trinajstić information content (AvgIpc) is 2.17. The molecule has 1 N–H and O–H groups in total. The third kappa shape index (κ3) is 3.53. The Kier molecular flexibility index (Phi) is 3.71. The summed E-state index contributed by atoms with van der Waals surface area (Å²) in [6, 6.07) is 0. The van der Waals surface area contributed by atoms with E-state index in [-0.39, 0.29) is 0 Å². The van der Waals surface area contributed by atoms with E-state index >= 15 is 0 Å². The maximum atomic E-state index is 11.8. The summed E-state index contributed by atoms with van der Waals surface area (Å²) in [5.41, 5.74) is 0. The minimum Gasteiger partial charge on any atom is -0.288 e. The van der Waals surface area contributed by atoms with Crippen LogP contribution in [0.3, 0.4) is 0 Å². The van der Waals surface area contributed by atoms with E-state index in [9.17, 15) is 22.8 Å². The lowest BCUT2D eigenvalue weighted by atomic mass is 9.89. The molecule has 0 aromatic carbocycles. The lowest BCUT2D eigenvalue weighted by Gasteiger charge is -2.20. The first-order valence-corrected chi connectivity index (χ1v) is 4.83. The standard InChI is InChI=1S/C9H12F3NO2/c10-9(11,12)8(15)13-7(14)6-4-2-1-3-5-6/h6H,1-5H2,(H,13,14,15). The molecule has 0 spiro atoms. The molecule has 2 amide bonds. The summed E-state index contributed by atoms with van der Waals surface area (Å²) in [6.45, 7) is 0. The third-order valence-electron chi connectivity index (χ3n) is 2.47. The van der Waals surface area contributed by atoms with Gasteiger partial charge in [-0.1, -0.05) is 19.3 Å². The second-order valence-corrected chi connectivity index (χ2v) is 3.65. The molecule has 15 heavy (non-hydrogen) atoms. The van der Waals surface area contributed by atoms with Crippen molar-refractivity contribution in [3.63, 3.8) is 0 Å². The summed E-state index contributed by atoms with van der Waals surface area (Å²) in [5.74, 6) is -3.40. The van der Waals surface area contributed by atoms with Gasteiger partial charge in [0.05, 0.1) is 0 Å². The van der Waals surface area contributed by atoms with Crippen LogP contribution in [0.1, 0.15) is 32.1 Å². The van der Waals surface area contributed by atoms with Gasteiger partial charge < -0.3 is 0 Å². The molecule has 3 nitrogen and oxygen atoms in total. The number of rotatable bonds is 1. The van der Waals surface area contributed by atoms with E-state index in [1.807, 2.05) is 0 Å². The van der Waals surface area contributed by atoms with Gasteiger partial charge in [0, 0.05) is 5.92 Å². The average molecular weight is 223 g/mol. The van der Waals surface area contributed by atoms with E-state index in [0.717, 1.165) is 19.3 Å². The Morgan fingerprint density at radius 2 is 1.60 bits per heavy atom. The predicted octanol–water partition coefficient (Wildman–Crippen LogP) is 1.77. The van der Waals surface area contributed by atoms with E-state index in [1.165, 1.54) is 5.32 Å². The van der Waals surface area contributed by atoms with Crippen molar-refractivity contribution in [2.24, 2.45) is 5.92 Å². The Morgan fingerprint density at radius 3 is 2.07 bits per heavy atom. The molecule has 1 saturated carbocycles. The van der Waals surface area contributed by atoms with Crippen molar-refractivity contribution >= 4 is 11.8 Å². The van der Waals surface area contributed by atoms with Gasteiger partial charge in [-0.05, 0) is 12.8 Å². The lowest BCUT2D eigenvalue weighted by Crippen LogP contribution is -2.43. The molecule has 1 rings (SSSR count). The molecule has 0 saturated heterocycles. The first kappa shape index (κ1) is 12.0. The van der Waals surface area contributed by atoms with Gasteiger partial charge in [-0.15, -0.1) is 0 Å². The number of hydrogen-bond acceptors (Lipinski definition) is 2. The summed E-state index contributed by atoms with van der Waals surface area (Å²) < 4.78 is 35.4. The van der Waals surface area contributed by atoms with Gasteiger partial charge in [-0.3, -0.25) is 14.9 Å². The maximum absolute atomic E-state index is 11.8. The fraction of sp³-hybridized carbons (Fsp3) is 0.778. The highest BCUT2D eigenvalue weighted by Gasteiger charge is 2.40. The lowest BCUT2D eigenvalue weighted by molar-refractivity contribution is -0.175. The largest absolute Gasteiger partial charge is 0.471 e. The van der Waals surface area contributed by atoms with E-state index in [0.29, 0.717) is 12.8 Å². The van der Waals surface area contributed by atoms with Crippen molar-refractivity contribution < 1.29 is 22.8 Å². The first-order valence-electron chi connectivity index (χ1n) is 4.83. The molecule has 0 aromatic heterocycles. The van der Waals surface area contributed by atoms with Crippen LogP contribution in [0.15, 0.2) is 0 Å². The quantitative estimate of drug-likeness (QED) is 0.736. The molecule has 0 unspecified atom stereocenters. The number of carbonyl (C=O) groups excluding carboxylic acids is 2. The number of imide groups is 1. The molecule has 1 aliphatic carbocycles. The van der Waals surface area contributed by atoms with Crippen molar-refractivity contribution in [2.75, 3.05) is 0 Å². The zero-order chi connectivity index (χ0) is 11.5. The predicted molar refractivity (Wildman–Crippen MR) is 45.8 cm³/mol. The Morgan fingerprint density at radius 1 is 1.07 bits per heavy atom. The highest BCUT2D eigenvalue weighted by molar-refractivity contribution is 5.98. The monoisotopic (exact) mass is 223 g/mol. The van der Waals surface area contributed by atoms with Crippen LogP contribution < -0.4 is 5.32 Å². The summed E-state index contributed by atoms with van der Waals surface area (Å²) in [5, 5.41) is 1.39. The topological polar surface area (TPSA) is 46.2 Å². The van der Waals surface area contributed by atoms with Gasteiger partial charge in [0.15, 0.2) is 0 Å². The van der Waals surface area contributed by atoms with E-state index in [4.69, 9.17) is 0 Å². The molecule has 0 aromatic rings. The van der Waals surface area contributed by atoms with Crippen LogP contribution in [0.5, 0.6) is 0 Å². The molecular formula is C9H12F3NO2. The SMILES string of the molecule is O=C(NC(=O)C(F)(F)F)C1CCCCC1. The number of carbonyl (C=O) groups is 2. The van der Waals surface area contributed by atoms with Crippen LogP contribution in [0.25, 0.3) is 0 Å². The number of nitrogens with one attached hydrogen (secondary N) is 1. The smallest absolute Gasteiger partial charge is 0.288 e. The molecule has 1 fully saturated rings. The summed E-state index contributed by atoms with van der Waals surface area (Å²) in [6.07, 6.45) is -1.19. The maximum Gasteiger partial charge on any atom is 0.471 e. The van der Waals surface area contributed by atoms with Crippen LogP contribution in [-0.2, 0) is 9.59 Å². The van der Waals surface area contributed by atoms with Crippen LogP contribution in [0, 0.1) is 5.92 Å². The molecule has 0 radical (unpaired) electrons. The van der Waals surface area contributed by atoms with Crippen molar-refractivity contribution in [3.8, 4) is 0 Å². The van der Waals surface area contributed by atoms with Gasteiger partial charge in [-0.2, -0.15) is 13.2 Å². The number of alkyl halides is 3. The Hall–Kier alpha value is -1.07. The van der Waals surface area contributed by atoms with Crippen molar-refractivity contribution in [1.82, 2.24) is 5.32 Å². The van der Waals surface area contributed by atoms with Crippen molar-refractivity contribution in [2.45, 2.75) is 38.3 Å². The Balaban J connectivity index is 2.44. The molecule has 0 atom stereocenters. The summed E-state index contributed by atoms with van der Waals surface area (Å²) >= 11 is 0. The normalized spacial score (nSPS) is 18.6. The van der Waals surface area contributed by atoms with E-state index in [2.05, 4.69) is 0 Å². The van der Waals surface area contributed by atoms with E-state index < -0.39 is 23.9 Å². The molecule has 0 aliphatic heterocycles. The number of amides is 2. The highest BCUT2D eigenvalue weighted by Crippen LogP contribution is 2.24. The minimum atomic E-state index is -4.98. The van der Waals surface area contributed by atoms with Crippen LogP contribution in [0.4, 0.5) is 13.2 Å². The van der Waals surface area contributed by atoms with Gasteiger partial charge in [0.1, 0.15) is 0 Å². The molecular weight excluding hydrogens is 211 g/mol. The van der Waals surface area contributed by atoms with Crippen LogP contribution >= 0.6 is 0 Å². The summed E-state index contributed by atoms with van der Waals surface area (Å²) in [7, 11) is 0. The molecule has 0 bridgehead atoms. The first-order chi connectivity index (χ1) is 6.91. The second-order valence-electron chi connectivity index (χ2n) is 3.65. The van der Waals surface area contributed by atoms with Crippen LogP contribution in [0.2, 0.25) is 0 Å². The molecule has 0 heterocycles. The fourth-order valence-electron chi connectivity index (χ4n) is 1.65. The van der Waals surface area contributed by atoms with Crippen LogP contribution in [-0.4, -0.2) is 18.0 Å². The third-order valence-corrected chi connectivity index (χ3v) is 2.47. The highest BCUT2D eigenvalue weighted by atomic mass is 19.4. The van der Waals surface area contributed by atoms with Crippen molar-refractivity contribution in [1.29, 1.82) is 0 Å². The Bertz CT molecular complexity index is 257. The Labute approximate surface area is 85.0 Å². The molecule has 6 heteroatoms. The molecule has 86 valence electrons. The van der Waals surface area contributed by atoms with Gasteiger partial charge in [0.25, 0.3) is 0 Å². The van der Waals surface area contributed by atoms with Gasteiger partial charge in [-0.25, -0.2) is 0 Å². The van der Waals surface area contributed by atoms with Gasteiger partial charge in [0.2, 0.25) is 5.91 Å². The fourth-order valence-corrected chi connectivity index (χ4v) is 1.65. The zero-order valence-electron chi connectivity index (χ0n) is 8.06. The number of hydrogen-bond donors (Lipinski definition) is 1. The van der Waals surface area contributed by atoms with E-state index in [1.54, 1.807) is 0 Å². The zero-order valence-corrected chi connectivity index (χ0v) is 8.06. The van der Waals surface area contributed by atoms with Crippen molar-refractivity contribution in [3.05, 3.63) is 0 Å².